The fraction of sp³-hybridized carbons (Fsp3) is 0.400. The standard InChI is InChI=1S/C15H16FNO4/c1-15(2)7-12(18)17(14(15)20)8-9-4-5-10(11(16)6-9)13(19)21-3/h4-6H,7-8H2,1-3H3. The van der Waals surface area contributed by atoms with Gasteiger partial charge in [-0.3, -0.25) is 14.5 Å². The van der Waals surface area contributed by atoms with E-state index in [9.17, 15) is 18.8 Å². The highest BCUT2D eigenvalue weighted by Gasteiger charge is 2.44. The highest BCUT2D eigenvalue weighted by Crippen LogP contribution is 2.32. The molecule has 1 aliphatic rings. The number of halogens is 1. The Morgan fingerprint density at radius 3 is 2.52 bits per heavy atom. The van der Waals surface area contributed by atoms with Crippen LogP contribution in [0.3, 0.4) is 0 Å². The van der Waals surface area contributed by atoms with Crippen molar-refractivity contribution in [1.29, 1.82) is 0 Å². The lowest BCUT2D eigenvalue weighted by Gasteiger charge is -2.18. The molecule has 112 valence electrons. The maximum Gasteiger partial charge on any atom is 0.340 e. The summed E-state index contributed by atoms with van der Waals surface area (Å²) in [6, 6.07) is 3.92. The first-order valence-electron chi connectivity index (χ1n) is 6.48. The molecule has 1 fully saturated rings. The Hall–Kier alpha value is -2.24. The number of benzene rings is 1. The smallest absolute Gasteiger partial charge is 0.340 e. The molecule has 0 spiro atoms. The lowest BCUT2D eigenvalue weighted by molar-refractivity contribution is -0.141. The number of hydrogen-bond acceptors (Lipinski definition) is 4. The molecule has 5 nitrogen and oxygen atoms in total. The van der Waals surface area contributed by atoms with E-state index < -0.39 is 17.2 Å². The zero-order valence-electron chi connectivity index (χ0n) is 12.1. The molecule has 0 radical (unpaired) electrons. The third kappa shape index (κ3) is 2.79. The fourth-order valence-electron chi connectivity index (χ4n) is 2.30. The summed E-state index contributed by atoms with van der Waals surface area (Å²) in [6.07, 6.45) is 0.147. The summed E-state index contributed by atoms with van der Waals surface area (Å²) in [6.45, 7) is 3.40. The minimum absolute atomic E-state index is 0.000527. The quantitative estimate of drug-likeness (QED) is 0.630. The first-order chi connectivity index (χ1) is 9.76. The topological polar surface area (TPSA) is 63.7 Å². The number of hydrogen-bond donors (Lipinski definition) is 0. The molecule has 2 amide bonds. The van der Waals surface area contributed by atoms with Crippen LogP contribution < -0.4 is 0 Å². The van der Waals surface area contributed by atoms with Gasteiger partial charge < -0.3 is 4.74 Å². The lowest BCUT2D eigenvalue weighted by Crippen LogP contribution is -2.32. The largest absolute Gasteiger partial charge is 0.465 e. The van der Waals surface area contributed by atoms with Crippen molar-refractivity contribution >= 4 is 17.8 Å². The average Bonchev–Trinajstić information content (AvgIpc) is 2.60. The predicted molar refractivity (Wildman–Crippen MR) is 71.7 cm³/mol. The van der Waals surface area contributed by atoms with Gasteiger partial charge in [-0.25, -0.2) is 9.18 Å². The number of rotatable bonds is 3. The van der Waals surface area contributed by atoms with E-state index >= 15 is 0 Å². The van der Waals surface area contributed by atoms with Crippen molar-refractivity contribution in [3.05, 3.63) is 35.1 Å². The van der Waals surface area contributed by atoms with Crippen LogP contribution in [0.5, 0.6) is 0 Å². The van der Waals surface area contributed by atoms with Crippen LogP contribution in [-0.2, 0) is 20.9 Å². The van der Waals surface area contributed by atoms with Crippen molar-refractivity contribution in [3.8, 4) is 0 Å². The molecule has 0 unspecified atom stereocenters. The van der Waals surface area contributed by atoms with Crippen LogP contribution in [0, 0.1) is 11.2 Å². The first kappa shape index (κ1) is 15.2. The molecule has 1 aromatic carbocycles. The molecule has 1 aliphatic heterocycles. The summed E-state index contributed by atoms with van der Waals surface area (Å²) in [7, 11) is 1.17. The highest BCUT2D eigenvalue weighted by molar-refractivity contribution is 6.05. The summed E-state index contributed by atoms with van der Waals surface area (Å²) < 4.78 is 18.3. The number of amides is 2. The van der Waals surface area contributed by atoms with Crippen molar-refractivity contribution in [2.45, 2.75) is 26.8 Å². The maximum atomic E-state index is 13.8. The molecular weight excluding hydrogens is 277 g/mol. The van der Waals surface area contributed by atoms with Crippen LogP contribution in [0.4, 0.5) is 4.39 Å². The van der Waals surface area contributed by atoms with Crippen molar-refractivity contribution in [3.63, 3.8) is 0 Å². The van der Waals surface area contributed by atoms with E-state index in [-0.39, 0.29) is 30.3 Å². The molecule has 0 saturated carbocycles. The van der Waals surface area contributed by atoms with Crippen LogP contribution in [0.2, 0.25) is 0 Å². The van der Waals surface area contributed by atoms with Gasteiger partial charge in [-0.15, -0.1) is 0 Å². The van der Waals surface area contributed by atoms with Crippen molar-refractivity contribution in [2.75, 3.05) is 7.11 Å². The number of esters is 1. The third-order valence-electron chi connectivity index (χ3n) is 3.50. The number of likely N-dealkylation sites (tertiary alicyclic amines) is 1. The number of imide groups is 1. The SMILES string of the molecule is COC(=O)c1ccc(CN2C(=O)CC(C)(C)C2=O)cc1F. The summed E-state index contributed by atoms with van der Waals surface area (Å²) in [5.41, 5.74) is -0.457. The van der Waals surface area contributed by atoms with Crippen molar-refractivity contribution in [1.82, 2.24) is 4.90 Å². The summed E-state index contributed by atoms with van der Waals surface area (Å²) in [5.74, 6) is -2.06. The predicted octanol–water partition coefficient (Wildman–Crippen LogP) is 1.90. The second-order valence-corrected chi connectivity index (χ2v) is 5.65. The van der Waals surface area contributed by atoms with Gasteiger partial charge in [0.1, 0.15) is 5.82 Å². The molecule has 1 heterocycles. The average molecular weight is 293 g/mol. The zero-order valence-corrected chi connectivity index (χ0v) is 12.1. The molecule has 6 heteroatoms. The second-order valence-electron chi connectivity index (χ2n) is 5.65. The van der Waals surface area contributed by atoms with E-state index in [1.54, 1.807) is 13.8 Å². The summed E-state index contributed by atoms with van der Waals surface area (Å²) in [4.78, 5) is 36.3. The van der Waals surface area contributed by atoms with E-state index in [1.807, 2.05) is 0 Å². The molecule has 0 atom stereocenters. The van der Waals surface area contributed by atoms with Crippen LogP contribution in [0.15, 0.2) is 18.2 Å². The van der Waals surface area contributed by atoms with E-state index in [0.29, 0.717) is 5.56 Å². The maximum absolute atomic E-state index is 13.8. The van der Waals surface area contributed by atoms with Crippen LogP contribution in [0.25, 0.3) is 0 Å². The Kier molecular flexibility index (Phi) is 3.80. The van der Waals surface area contributed by atoms with Gasteiger partial charge in [0.25, 0.3) is 0 Å². The van der Waals surface area contributed by atoms with Gasteiger partial charge in [-0.1, -0.05) is 19.9 Å². The van der Waals surface area contributed by atoms with E-state index in [1.165, 1.54) is 19.2 Å². The van der Waals surface area contributed by atoms with Gasteiger partial charge in [-0.05, 0) is 17.7 Å². The normalized spacial score (nSPS) is 17.2. The zero-order chi connectivity index (χ0) is 15.8. The van der Waals surface area contributed by atoms with Gasteiger partial charge in [-0.2, -0.15) is 0 Å². The number of carbonyl (C=O) groups excluding carboxylic acids is 3. The molecule has 1 aromatic rings. The number of methoxy groups -OCH3 is 1. The molecule has 2 rings (SSSR count). The first-order valence-corrected chi connectivity index (χ1v) is 6.48. The second kappa shape index (κ2) is 5.27. The summed E-state index contributed by atoms with van der Waals surface area (Å²) in [5, 5.41) is 0. The Balaban J connectivity index is 2.22. The monoisotopic (exact) mass is 293 g/mol. The molecule has 0 bridgehead atoms. The van der Waals surface area contributed by atoms with Crippen molar-refractivity contribution in [2.24, 2.45) is 5.41 Å². The number of ether oxygens (including phenoxy) is 1. The van der Waals surface area contributed by atoms with Gasteiger partial charge in [0, 0.05) is 6.42 Å². The molecule has 0 aromatic heterocycles. The molecule has 1 saturated heterocycles. The summed E-state index contributed by atoms with van der Waals surface area (Å²) >= 11 is 0. The van der Waals surface area contributed by atoms with E-state index in [0.717, 1.165) is 11.0 Å². The van der Waals surface area contributed by atoms with Crippen molar-refractivity contribution < 1.29 is 23.5 Å². The molecule has 0 aliphatic carbocycles. The Morgan fingerprint density at radius 2 is 2.05 bits per heavy atom. The van der Waals surface area contributed by atoms with Gasteiger partial charge >= 0.3 is 5.97 Å². The Morgan fingerprint density at radius 1 is 1.38 bits per heavy atom. The Bertz CT molecular complexity index is 624. The Labute approximate surface area is 121 Å². The van der Waals surface area contributed by atoms with E-state index in [4.69, 9.17) is 0 Å². The minimum atomic E-state index is -0.770. The molecule has 21 heavy (non-hydrogen) atoms. The number of nitrogens with zero attached hydrogens (tertiary/aromatic N) is 1. The van der Waals surface area contributed by atoms with Gasteiger partial charge in [0.15, 0.2) is 0 Å². The minimum Gasteiger partial charge on any atom is -0.465 e. The van der Waals surface area contributed by atoms with E-state index in [2.05, 4.69) is 4.74 Å². The lowest BCUT2D eigenvalue weighted by atomic mass is 9.92. The highest BCUT2D eigenvalue weighted by atomic mass is 19.1. The molecular formula is C15H16FNO4. The van der Waals surface area contributed by atoms with Crippen LogP contribution in [-0.4, -0.2) is 29.8 Å². The number of carbonyl (C=O) groups is 3. The van der Waals surface area contributed by atoms with Gasteiger partial charge in [0.05, 0.1) is 24.6 Å². The molecule has 0 N–H and O–H groups in total. The van der Waals surface area contributed by atoms with Crippen LogP contribution >= 0.6 is 0 Å². The van der Waals surface area contributed by atoms with Crippen LogP contribution in [0.1, 0.15) is 36.2 Å². The third-order valence-corrected chi connectivity index (χ3v) is 3.50. The fourth-order valence-corrected chi connectivity index (χ4v) is 2.30. The van der Waals surface area contributed by atoms with Gasteiger partial charge in [0.2, 0.25) is 11.8 Å².